The molecule has 0 aromatic heterocycles. The van der Waals surface area contributed by atoms with E-state index < -0.39 is 5.60 Å². The van der Waals surface area contributed by atoms with Crippen LogP contribution in [0.4, 0.5) is 0 Å². The van der Waals surface area contributed by atoms with Gasteiger partial charge in [0.25, 0.3) is 0 Å². The highest BCUT2D eigenvalue weighted by molar-refractivity contribution is 5.77. The van der Waals surface area contributed by atoms with Crippen molar-refractivity contribution in [1.82, 2.24) is 0 Å². The zero-order valence-corrected chi connectivity index (χ0v) is 24.3. The Kier molecular flexibility index (Phi) is 8.53. The van der Waals surface area contributed by atoms with Gasteiger partial charge >= 0.3 is 11.9 Å². The van der Waals surface area contributed by atoms with E-state index in [1.54, 1.807) is 0 Å². The molecule has 4 aliphatic rings. The normalized spacial score (nSPS) is 38.0. The number of aliphatic hydroxyl groups is 1. The lowest BCUT2D eigenvalue weighted by Crippen LogP contribution is -2.51. The van der Waals surface area contributed by atoms with E-state index >= 15 is 0 Å². The summed E-state index contributed by atoms with van der Waals surface area (Å²) >= 11 is 0. The number of fused-ring (bicyclic) bond motifs is 5. The molecule has 0 saturated heterocycles. The zero-order valence-electron chi connectivity index (χ0n) is 24.3. The minimum atomic E-state index is -0.554. The number of rotatable bonds is 9. The number of ether oxygens (including phenoxy) is 2. The summed E-state index contributed by atoms with van der Waals surface area (Å²) in [6, 6.07) is 0. The van der Waals surface area contributed by atoms with Crippen molar-refractivity contribution < 1.29 is 24.2 Å². The third-order valence-corrected chi connectivity index (χ3v) is 11.3. The van der Waals surface area contributed by atoms with Crippen LogP contribution in [-0.4, -0.2) is 35.9 Å². The fourth-order valence-electron chi connectivity index (χ4n) is 9.31. The Balaban J connectivity index is 1.38. The Bertz CT molecular complexity index is 871. The quantitative estimate of drug-likeness (QED) is 0.264. The van der Waals surface area contributed by atoms with E-state index in [4.69, 9.17) is 4.74 Å². The van der Waals surface area contributed by atoms with E-state index in [9.17, 15) is 14.7 Å². The van der Waals surface area contributed by atoms with E-state index in [-0.39, 0.29) is 36.3 Å². The first-order chi connectivity index (χ1) is 17.4. The van der Waals surface area contributed by atoms with Crippen molar-refractivity contribution in [2.45, 2.75) is 130 Å². The Morgan fingerprint density at radius 2 is 1.81 bits per heavy atom. The van der Waals surface area contributed by atoms with Crippen LogP contribution in [0.1, 0.15) is 118 Å². The van der Waals surface area contributed by atoms with Gasteiger partial charge in [0, 0.05) is 6.42 Å². The molecular formula is C32H52O5. The molecule has 0 aromatic carbocycles. The molecule has 210 valence electrons. The molecule has 4 aliphatic carbocycles. The topological polar surface area (TPSA) is 72.8 Å². The number of carbonyl (C=O) groups excluding carboxylic acids is 2. The molecule has 0 radical (unpaired) electrons. The summed E-state index contributed by atoms with van der Waals surface area (Å²) in [5.41, 5.74) is 1.64. The lowest BCUT2D eigenvalue weighted by molar-refractivity contribution is -0.154. The maximum atomic E-state index is 12.3. The Hall–Kier alpha value is -1.36. The Morgan fingerprint density at radius 1 is 1.08 bits per heavy atom. The highest BCUT2D eigenvalue weighted by atomic mass is 16.5. The van der Waals surface area contributed by atoms with E-state index in [2.05, 4.69) is 31.6 Å². The minimum Gasteiger partial charge on any atom is -0.469 e. The summed E-state index contributed by atoms with van der Waals surface area (Å²) in [5, 5.41) is 10.1. The predicted octanol–water partition coefficient (Wildman–Crippen LogP) is 7.01. The molecule has 1 unspecified atom stereocenters. The second-order valence-corrected chi connectivity index (χ2v) is 14.1. The molecule has 4 rings (SSSR count). The molecule has 5 heteroatoms. The number of hydrogen-bond donors (Lipinski definition) is 1. The summed E-state index contributed by atoms with van der Waals surface area (Å²) in [6.07, 6.45) is 15.3. The zero-order chi connectivity index (χ0) is 27.0. The van der Waals surface area contributed by atoms with Gasteiger partial charge in [-0.05, 0) is 106 Å². The van der Waals surface area contributed by atoms with Gasteiger partial charge in [-0.2, -0.15) is 0 Å². The fourth-order valence-corrected chi connectivity index (χ4v) is 9.31. The summed E-state index contributed by atoms with van der Waals surface area (Å²) in [4.78, 5) is 23.7. The van der Waals surface area contributed by atoms with Crippen LogP contribution in [0.3, 0.4) is 0 Å². The molecule has 0 aliphatic heterocycles. The van der Waals surface area contributed by atoms with Crippen LogP contribution in [0.25, 0.3) is 0 Å². The van der Waals surface area contributed by atoms with Crippen molar-refractivity contribution in [1.29, 1.82) is 0 Å². The van der Waals surface area contributed by atoms with Crippen molar-refractivity contribution in [2.24, 2.45) is 40.4 Å². The van der Waals surface area contributed by atoms with E-state index in [1.807, 2.05) is 13.8 Å². The van der Waals surface area contributed by atoms with Gasteiger partial charge in [0.2, 0.25) is 0 Å². The summed E-state index contributed by atoms with van der Waals surface area (Å²) in [6.45, 7) is 11.5. The van der Waals surface area contributed by atoms with Gasteiger partial charge in [-0.3, -0.25) is 9.59 Å². The van der Waals surface area contributed by atoms with Crippen LogP contribution >= 0.6 is 0 Å². The highest BCUT2D eigenvalue weighted by Gasteiger charge is 2.59. The third-order valence-electron chi connectivity index (χ3n) is 11.3. The molecule has 0 amide bonds. The van der Waals surface area contributed by atoms with Crippen LogP contribution in [0, 0.1) is 40.4 Å². The average Bonchev–Trinajstić information content (AvgIpc) is 3.19. The van der Waals surface area contributed by atoms with Gasteiger partial charge in [0.15, 0.2) is 0 Å². The monoisotopic (exact) mass is 516 g/mol. The van der Waals surface area contributed by atoms with Gasteiger partial charge in [-0.15, -0.1) is 0 Å². The summed E-state index contributed by atoms with van der Waals surface area (Å²) in [5.74, 6) is 3.22. The maximum Gasteiger partial charge on any atom is 0.306 e. The molecule has 0 heterocycles. The SMILES string of the molecule is COC(=O)CCC(=O)O[C@H]1CC[C@@]2(C)C(=CC[C@H]3[C@@H]4CC[C@H](C(C)CCCC(C)(C)O)[C@@]4(C)CC[C@@H]32)C1. The van der Waals surface area contributed by atoms with Gasteiger partial charge < -0.3 is 14.6 Å². The second kappa shape index (κ2) is 11.0. The smallest absolute Gasteiger partial charge is 0.306 e. The molecule has 3 fully saturated rings. The minimum absolute atomic E-state index is 0.0597. The molecule has 0 spiro atoms. The number of methoxy groups -OCH3 is 1. The predicted molar refractivity (Wildman–Crippen MR) is 146 cm³/mol. The van der Waals surface area contributed by atoms with Crippen molar-refractivity contribution in [3.63, 3.8) is 0 Å². The molecule has 5 nitrogen and oxygen atoms in total. The lowest BCUT2D eigenvalue weighted by Gasteiger charge is -2.58. The lowest BCUT2D eigenvalue weighted by atomic mass is 9.47. The number of carbonyl (C=O) groups is 2. The van der Waals surface area contributed by atoms with Crippen molar-refractivity contribution in [3.05, 3.63) is 11.6 Å². The van der Waals surface area contributed by atoms with Crippen molar-refractivity contribution in [2.75, 3.05) is 7.11 Å². The van der Waals surface area contributed by atoms with Gasteiger partial charge in [-0.25, -0.2) is 0 Å². The Labute approximate surface area is 225 Å². The van der Waals surface area contributed by atoms with E-state index in [1.165, 1.54) is 51.2 Å². The molecule has 0 bridgehead atoms. The largest absolute Gasteiger partial charge is 0.469 e. The molecule has 0 aromatic rings. The second-order valence-electron chi connectivity index (χ2n) is 14.1. The van der Waals surface area contributed by atoms with Gasteiger partial charge in [-0.1, -0.05) is 45.3 Å². The molecule has 3 saturated carbocycles. The number of esters is 2. The molecule has 1 N–H and O–H groups in total. The molecule has 37 heavy (non-hydrogen) atoms. The van der Waals surface area contributed by atoms with Gasteiger partial charge in [0.1, 0.15) is 6.10 Å². The van der Waals surface area contributed by atoms with Crippen LogP contribution in [0.5, 0.6) is 0 Å². The summed E-state index contributed by atoms with van der Waals surface area (Å²) < 4.78 is 10.4. The van der Waals surface area contributed by atoms with Crippen LogP contribution in [0.15, 0.2) is 11.6 Å². The van der Waals surface area contributed by atoms with E-state index in [0.29, 0.717) is 5.41 Å². The first kappa shape index (κ1) is 28.6. The summed E-state index contributed by atoms with van der Waals surface area (Å²) in [7, 11) is 1.35. The highest BCUT2D eigenvalue weighted by Crippen LogP contribution is 2.67. The van der Waals surface area contributed by atoms with Crippen molar-refractivity contribution in [3.8, 4) is 0 Å². The van der Waals surface area contributed by atoms with Crippen molar-refractivity contribution >= 4 is 11.9 Å². The standard InChI is InChI=1S/C32H52O5/c1-21(8-7-17-30(2,3)35)25-11-12-26-24-10-9-22-20-23(37-29(34)14-13-28(33)36-6)15-18-31(22,4)27(24)16-19-32(25,26)5/h9,21,23-27,35H,7-8,10-20H2,1-6H3/t21?,23-,24-,25+,26-,27-,31-,32+/m0/s1. The third kappa shape index (κ3) is 5.97. The first-order valence-corrected chi connectivity index (χ1v) is 15.1. The first-order valence-electron chi connectivity index (χ1n) is 15.1. The average molecular weight is 517 g/mol. The molecule has 8 atom stereocenters. The fraction of sp³-hybridized carbons (Fsp3) is 0.875. The van der Waals surface area contributed by atoms with Crippen LogP contribution in [-0.2, 0) is 19.1 Å². The number of allylic oxidation sites excluding steroid dienone is 1. The van der Waals surface area contributed by atoms with E-state index in [0.717, 1.165) is 61.7 Å². The Morgan fingerprint density at radius 3 is 2.51 bits per heavy atom. The van der Waals surface area contributed by atoms with Gasteiger partial charge in [0.05, 0.1) is 25.6 Å². The maximum absolute atomic E-state index is 12.3. The number of hydrogen-bond acceptors (Lipinski definition) is 5. The van der Waals surface area contributed by atoms with Crippen LogP contribution < -0.4 is 0 Å². The molecular weight excluding hydrogens is 464 g/mol. The van der Waals surface area contributed by atoms with Crippen LogP contribution in [0.2, 0.25) is 0 Å².